The van der Waals surface area contributed by atoms with Crippen molar-refractivity contribution in [1.82, 2.24) is 0 Å². The molecular weight excluding hydrogens is 220 g/mol. The summed E-state index contributed by atoms with van der Waals surface area (Å²) in [4.78, 5) is 0. The second kappa shape index (κ2) is 4.23. The SMILES string of the molecule is OC1(O)C=CC(CC2=CCC(O)(O)C=C2)=CC1. The summed E-state index contributed by atoms with van der Waals surface area (Å²) >= 11 is 0. The molecule has 0 aromatic carbocycles. The van der Waals surface area contributed by atoms with E-state index in [9.17, 15) is 20.4 Å². The van der Waals surface area contributed by atoms with E-state index in [1.165, 1.54) is 12.2 Å². The molecule has 2 rings (SSSR count). The van der Waals surface area contributed by atoms with E-state index >= 15 is 0 Å². The summed E-state index contributed by atoms with van der Waals surface area (Å²) in [6.07, 6.45) is 10.6. The molecule has 17 heavy (non-hydrogen) atoms. The van der Waals surface area contributed by atoms with Gasteiger partial charge in [-0.2, -0.15) is 0 Å². The van der Waals surface area contributed by atoms with Crippen LogP contribution in [0.4, 0.5) is 0 Å². The fraction of sp³-hybridized carbons (Fsp3) is 0.385. The largest absolute Gasteiger partial charge is 0.362 e. The first-order valence-corrected chi connectivity index (χ1v) is 5.52. The molecule has 0 unspecified atom stereocenters. The highest BCUT2D eigenvalue weighted by Gasteiger charge is 2.22. The first-order valence-electron chi connectivity index (χ1n) is 5.52. The van der Waals surface area contributed by atoms with E-state index in [0.29, 0.717) is 6.42 Å². The molecular formula is C13H16O4. The van der Waals surface area contributed by atoms with Gasteiger partial charge in [0.2, 0.25) is 0 Å². The molecule has 4 heteroatoms. The smallest absolute Gasteiger partial charge is 0.186 e. The highest BCUT2D eigenvalue weighted by Crippen LogP contribution is 2.26. The molecule has 4 nitrogen and oxygen atoms in total. The zero-order valence-corrected chi connectivity index (χ0v) is 9.37. The predicted octanol–water partition coefficient (Wildman–Crippen LogP) is 0.511. The summed E-state index contributed by atoms with van der Waals surface area (Å²) in [7, 11) is 0. The number of hydrogen-bond acceptors (Lipinski definition) is 4. The first kappa shape index (κ1) is 12.3. The molecule has 0 heterocycles. The predicted molar refractivity (Wildman–Crippen MR) is 62.6 cm³/mol. The second-order valence-electron chi connectivity index (χ2n) is 4.57. The van der Waals surface area contributed by atoms with Gasteiger partial charge in [-0.3, -0.25) is 0 Å². The van der Waals surface area contributed by atoms with Gasteiger partial charge in [-0.15, -0.1) is 0 Å². The third-order valence-electron chi connectivity index (χ3n) is 2.87. The molecule has 4 N–H and O–H groups in total. The Morgan fingerprint density at radius 1 is 0.824 bits per heavy atom. The minimum atomic E-state index is -1.73. The van der Waals surface area contributed by atoms with Gasteiger partial charge in [0.1, 0.15) is 0 Å². The van der Waals surface area contributed by atoms with E-state index in [4.69, 9.17) is 0 Å². The second-order valence-corrected chi connectivity index (χ2v) is 4.57. The standard InChI is InChI=1S/C13H16O4/c14-12(15)5-1-10(2-6-12)9-11-3-7-13(16,17)8-4-11/h1-5,7,14-17H,6,8-9H2. The third kappa shape index (κ3) is 3.38. The lowest BCUT2D eigenvalue weighted by atomic mass is 9.93. The Balaban J connectivity index is 1.97. The molecule has 0 fully saturated rings. The van der Waals surface area contributed by atoms with Crippen LogP contribution in [-0.2, 0) is 0 Å². The van der Waals surface area contributed by atoms with Crippen LogP contribution in [0, 0.1) is 0 Å². The van der Waals surface area contributed by atoms with Crippen LogP contribution >= 0.6 is 0 Å². The minimum Gasteiger partial charge on any atom is -0.362 e. The number of rotatable bonds is 2. The topological polar surface area (TPSA) is 80.9 Å². The Kier molecular flexibility index (Phi) is 3.05. The first-order chi connectivity index (χ1) is 7.86. The van der Waals surface area contributed by atoms with Crippen molar-refractivity contribution in [3.8, 4) is 0 Å². The lowest BCUT2D eigenvalue weighted by Gasteiger charge is -2.22. The van der Waals surface area contributed by atoms with Crippen molar-refractivity contribution < 1.29 is 20.4 Å². The van der Waals surface area contributed by atoms with Crippen molar-refractivity contribution >= 4 is 0 Å². The van der Waals surface area contributed by atoms with Crippen molar-refractivity contribution in [2.45, 2.75) is 30.8 Å². The molecule has 0 aromatic heterocycles. The van der Waals surface area contributed by atoms with Gasteiger partial charge in [0.05, 0.1) is 0 Å². The molecule has 0 saturated heterocycles. The van der Waals surface area contributed by atoms with Gasteiger partial charge in [0.15, 0.2) is 11.6 Å². The Morgan fingerprint density at radius 3 is 1.53 bits per heavy atom. The van der Waals surface area contributed by atoms with E-state index in [-0.39, 0.29) is 12.8 Å². The van der Waals surface area contributed by atoms with Gasteiger partial charge in [-0.05, 0) is 29.7 Å². The Morgan fingerprint density at radius 2 is 1.24 bits per heavy atom. The van der Waals surface area contributed by atoms with Crippen LogP contribution in [-0.4, -0.2) is 32.0 Å². The number of aliphatic hydroxyl groups is 4. The van der Waals surface area contributed by atoms with E-state index in [2.05, 4.69) is 0 Å². The van der Waals surface area contributed by atoms with E-state index in [0.717, 1.165) is 11.1 Å². The quantitative estimate of drug-likeness (QED) is 0.527. The molecule has 0 bridgehead atoms. The Hall–Kier alpha value is -1.20. The monoisotopic (exact) mass is 236 g/mol. The summed E-state index contributed by atoms with van der Waals surface area (Å²) in [5.74, 6) is -3.46. The maximum absolute atomic E-state index is 9.30. The average Bonchev–Trinajstić information content (AvgIpc) is 2.24. The van der Waals surface area contributed by atoms with Crippen molar-refractivity contribution in [1.29, 1.82) is 0 Å². The summed E-state index contributed by atoms with van der Waals surface area (Å²) in [5, 5.41) is 37.2. The van der Waals surface area contributed by atoms with Crippen molar-refractivity contribution in [2.24, 2.45) is 0 Å². The Labute approximate surface area is 99.5 Å². The molecule has 0 amide bonds. The molecule has 0 saturated carbocycles. The van der Waals surface area contributed by atoms with Crippen LogP contribution in [0.5, 0.6) is 0 Å². The fourth-order valence-electron chi connectivity index (χ4n) is 1.81. The lowest BCUT2D eigenvalue weighted by molar-refractivity contribution is -0.115. The van der Waals surface area contributed by atoms with Crippen LogP contribution in [0.1, 0.15) is 19.3 Å². The summed E-state index contributed by atoms with van der Waals surface area (Å²) in [5.41, 5.74) is 1.98. The van der Waals surface area contributed by atoms with Gasteiger partial charge in [0.25, 0.3) is 0 Å². The zero-order chi connectivity index (χ0) is 12.5. The summed E-state index contributed by atoms with van der Waals surface area (Å²) < 4.78 is 0. The van der Waals surface area contributed by atoms with E-state index in [1.54, 1.807) is 24.3 Å². The van der Waals surface area contributed by atoms with Crippen molar-refractivity contribution in [3.63, 3.8) is 0 Å². The highest BCUT2D eigenvalue weighted by molar-refractivity contribution is 5.36. The number of hydrogen-bond donors (Lipinski definition) is 4. The molecule has 92 valence electrons. The fourth-order valence-corrected chi connectivity index (χ4v) is 1.81. The number of allylic oxidation sites excluding steroid dienone is 4. The van der Waals surface area contributed by atoms with Crippen LogP contribution < -0.4 is 0 Å². The normalized spacial score (nSPS) is 25.4. The maximum Gasteiger partial charge on any atom is 0.186 e. The van der Waals surface area contributed by atoms with Gasteiger partial charge < -0.3 is 20.4 Å². The molecule has 0 radical (unpaired) electrons. The summed E-state index contributed by atoms with van der Waals surface area (Å²) in [6.45, 7) is 0. The zero-order valence-electron chi connectivity index (χ0n) is 9.37. The van der Waals surface area contributed by atoms with Gasteiger partial charge in [-0.25, -0.2) is 0 Å². The van der Waals surface area contributed by atoms with Crippen LogP contribution in [0.15, 0.2) is 47.6 Å². The maximum atomic E-state index is 9.30. The Bertz CT molecular complexity index is 385. The van der Waals surface area contributed by atoms with Gasteiger partial charge in [0, 0.05) is 12.8 Å². The highest BCUT2D eigenvalue weighted by atomic mass is 16.5. The third-order valence-corrected chi connectivity index (χ3v) is 2.87. The molecule has 2 aliphatic rings. The van der Waals surface area contributed by atoms with Crippen LogP contribution in [0.3, 0.4) is 0 Å². The van der Waals surface area contributed by atoms with Gasteiger partial charge >= 0.3 is 0 Å². The average molecular weight is 236 g/mol. The van der Waals surface area contributed by atoms with E-state index < -0.39 is 11.6 Å². The minimum absolute atomic E-state index is 0.180. The molecule has 0 spiro atoms. The summed E-state index contributed by atoms with van der Waals surface area (Å²) in [6, 6.07) is 0. The molecule has 0 aliphatic heterocycles. The molecule has 0 aromatic rings. The van der Waals surface area contributed by atoms with Crippen LogP contribution in [0.25, 0.3) is 0 Å². The van der Waals surface area contributed by atoms with Crippen molar-refractivity contribution in [2.75, 3.05) is 0 Å². The molecule has 2 aliphatic carbocycles. The lowest BCUT2D eigenvalue weighted by Crippen LogP contribution is -2.26. The molecule has 0 atom stereocenters. The van der Waals surface area contributed by atoms with E-state index in [1.807, 2.05) is 0 Å². The van der Waals surface area contributed by atoms with Gasteiger partial charge in [-0.1, -0.05) is 24.3 Å². The van der Waals surface area contributed by atoms with Crippen molar-refractivity contribution in [3.05, 3.63) is 47.6 Å². The van der Waals surface area contributed by atoms with Crippen LogP contribution in [0.2, 0.25) is 0 Å².